The number of hydrogen-bond donors (Lipinski definition) is 0. The number of sulfone groups is 1. The molecule has 1 aliphatic carbocycles. The molecule has 0 bridgehead atoms. The van der Waals surface area contributed by atoms with E-state index in [2.05, 4.69) is 6.07 Å². The highest BCUT2D eigenvalue weighted by Crippen LogP contribution is 2.30. The van der Waals surface area contributed by atoms with Gasteiger partial charge in [-0.25, -0.2) is 8.42 Å². The summed E-state index contributed by atoms with van der Waals surface area (Å²) in [5.74, 6) is -0.373. The maximum atomic E-state index is 12.6. The first kappa shape index (κ1) is 15.3. The van der Waals surface area contributed by atoms with Crippen molar-refractivity contribution in [3.05, 3.63) is 34.9 Å². The molecule has 108 valence electrons. The molecule has 2 unspecified atom stereocenters. The maximum Gasteiger partial charge on any atom is 0.158 e. The molecule has 2 rings (SSSR count). The molecule has 0 amide bonds. The molecular weight excluding hydrogens is 294 g/mol. The summed E-state index contributed by atoms with van der Waals surface area (Å²) in [4.78, 5) is 0. The van der Waals surface area contributed by atoms with E-state index in [1.54, 1.807) is 24.3 Å². The van der Waals surface area contributed by atoms with Crippen LogP contribution in [0.25, 0.3) is 0 Å². The van der Waals surface area contributed by atoms with Crippen molar-refractivity contribution < 1.29 is 8.42 Å². The van der Waals surface area contributed by atoms with Gasteiger partial charge < -0.3 is 0 Å². The van der Waals surface area contributed by atoms with Crippen molar-refractivity contribution in [2.75, 3.05) is 0 Å². The van der Waals surface area contributed by atoms with E-state index in [9.17, 15) is 13.7 Å². The van der Waals surface area contributed by atoms with E-state index in [1.807, 2.05) is 0 Å². The predicted molar refractivity (Wildman–Crippen MR) is 80.1 cm³/mol. The van der Waals surface area contributed by atoms with Crippen LogP contribution in [0.4, 0.5) is 0 Å². The number of nitriles is 1. The van der Waals surface area contributed by atoms with E-state index in [0.29, 0.717) is 17.9 Å². The Kier molecular flexibility index (Phi) is 5.06. The lowest BCUT2D eigenvalue weighted by Crippen LogP contribution is -2.29. The van der Waals surface area contributed by atoms with E-state index >= 15 is 0 Å². The van der Waals surface area contributed by atoms with Crippen LogP contribution in [0.15, 0.2) is 24.3 Å². The lowest BCUT2D eigenvalue weighted by atomic mass is 10.0. The van der Waals surface area contributed by atoms with Crippen LogP contribution in [0.5, 0.6) is 0 Å². The summed E-state index contributed by atoms with van der Waals surface area (Å²) < 4.78 is 25.2. The summed E-state index contributed by atoms with van der Waals surface area (Å²) in [6, 6.07) is 9.05. The van der Waals surface area contributed by atoms with E-state index in [0.717, 1.165) is 24.8 Å². The molecule has 1 aromatic rings. The molecule has 1 aromatic carbocycles. The van der Waals surface area contributed by atoms with Crippen molar-refractivity contribution in [2.24, 2.45) is 5.92 Å². The summed E-state index contributed by atoms with van der Waals surface area (Å²) in [6.45, 7) is 0. The molecule has 0 radical (unpaired) electrons. The average molecular weight is 312 g/mol. The summed E-state index contributed by atoms with van der Waals surface area (Å²) in [7, 11) is -3.30. The molecule has 20 heavy (non-hydrogen) atoms. The first-order chi connectivity index (χ1) is 9.53. The van der Waals surface area contributed by atoms with Gasteiger partial charge in [-0.1, -0.05) is 43.0 Å². The number of rotatable bonds is 3. The highest BCUT2D eigenvalue weighted by Gasteiger charge is 2.34. The second-order valence-corrected chi connectivity index (χ2v) is 8.00. The van der Waals surface area contributed by atoms with Crippen molar-refractivity contribution in [3.63, 3.8) is 0 Å². The topological polar surface area (TPSA) is 57.9 Å². The smallest absolute Gasteiger partial charge is 0.158 e. The Morgan fingerprint density at radius 1 is 1.15 bits per heavy atom. The van der Waals surface area contributed by atoms with E-state index in [-0.39, 0.29) is 11.7 Å². The summed E-state index contributed by atoms with van der Waals surface area (Å²) in [6.07, 6.45) is 4.16. The van der Waals surface area contributed by atoms with Gasteiger partial charge in [0, 0.05) is 5.02 Å². The van der Waals surface area contributed by atoms with E-state index < -0.39 is 15.1 Å². The van der Waals surface area contributed by atoms with Crippen molar-refractivity contribution in [3.8, 4) is 6.07 Å². The molecule has 5 heteroatoms. The molecule has 0 aromatic heterocycles. The SMILES string of the molecule is N#CC1CCCCCC1S(=O)(=O)Cc1ccc(Cl)cc1. The van der Waals surface area contributed by atoms with Crippen LogP contribution in [0.3, 0.4) is 0 Å². The van der Waals surface area contributed by atoms with Crippen LogP contribution < -0.4 is 0 Å². The molecule has 2 atom stereocenters. The molecule has 1 aliphatic rings. The van der Waals surface area contributed by atoms with Crippen LogP contribution in [-0.4, -0.2) is 13.7 Å². The third-order valence-electron chi connectivity index (χ3n) is 3.86. The van der Waals surface area contributed by atoms with E-state index in [4.69, 9.17) is 11.6 Å². The third-order valence-corrected chi connectivity index (χ3v) is 6.34. The fourth-order valence-corrected chi connectivity index (χ4v) is 4.99. The normalized spacial score (nSPS) is 23.8. The number of halogens is 1. The molecule has 0 N–H and O–H groups in total. The fraction of sp³-hybridized carbons (Fsp3) is 0.533. The molecule has 1 saturated carbocycles. The van der Waals surface area contributed by atoms with Gasteiger partial charge >= 0.3 is 0 Å². The minimum atomic E-state index is -3.30. The molecular formula is C15H18ClNO2S. The minimum absolute atomic E-state index is 0.00693. The van der Waals surface area contributed by atoms with Gasteiger partial charge in [0.2, 0.25) is 0 Å². The fourth-order valence-electron chi connectivity index (χ4n) is 2.77. The van der Waals surface area contributed by atoms with Crippen LogP contribution in [-0.2, 0) is 15.6 Å². The van der Waals surface area contributed by atoms with Gasteiger partial charge in [0.15, 0.2) is 9.84 Å². The predicted octanol–water partition coefficient (Wildman–Crippen LogP) is 3.73. The highest BCUT2D eigenvalue weighted by molar-refractivity contribution is 7.91. The molecule has 0 aliphatic heterocycles. The minimum Gasteiger partial charge on any atom is -0.228 e. The highest BCUT2D eigenvalue weighted by atomic mass is 35.5. The van der Waals surface area contributed by atoms with Crippen LogP contribution in [0, 0.1) is 17.2 Å². The molecule has 3 nitrogen and oxygen atoms in total. The van der Waals surface area contributed by atoms with E-state index in [1.165, 1.54) is 0 Å². The Balaban J connectivity index is 2.19. The number of benzene rings is 1. The first-order valence-electron chi connectivity index (χ1n) is 6.88. The lowest BCUT2D eigenvalue weighted by molar-refractivity contribution is 0.522. The summed E-state index contributed by atoms with van der Waals surface area (Å²) >= 11 is 5.81. The zero-order chi connectivity index (χ0) is 14.6. The van der Waals surface area contributed by atoms with Gasteiger partial charge in [0.05, 0.1) is 23.0 Å². The number of hydrogen-bond acceptors (Lipinski definition) is 3. The van der Waals surface area contributed by atoms with Crippen LogP contribution in [0.2, 0.25) is 5.02 Å². The Hall–Kier alpha value is -1.05. The van der Waals surface area contributed by atoms with Crippen LogP contribution >= 0.6 is 11.6 Å². The Morgan fingerprint density at radius 3 is 2.45 bits per heavy atom. The van der Waals surface area contributed by atoms with Gasteiger partial charge in [-0.2, -0.15) is 5.26 Å². The van der Waals surface area contributed by atoms with Crippen molar-refractivity contribution in [1.29, 1.82) is 5.26 Å². The van der Waals surface area contributed by atoms with Crippen molar-refractivity contribution >= 4 is 21.4 Å². The third kappa shape index (κ3) is 3.74. The van der Waals surface area contributed by atoms with Crippen molar-refractivity contribution in [2.45, 2.75) is 43.1 Å². The monoisotopic (exact) mass is 311 g/mol. The Morgan fingerprint density at radius 2 is 1.80 bits per heavy atom. The zero-order valence-corrected chi connectivity index (χ0v) is 12.8. The van der Waals surface area contributed by atoms with Gasteiger partial charge in [0.1, 0.15) is 0 Å². The molecule has 0 spiro atoms. The number of nitrogens with zero attached hydrogens (tertiary/aromatic N) is 1. The largest absolute Gasteiger partial charge is 0.228 e. The zero-order valence-electron chi connectivity index (χ0n) is 11.3. The molecule has 0 heterocycles. The molecule has 1 fully saturated rings. The van der Waals surface area contributed by atoms with Gasteiger partial charge in [-0.15, -0.1) is 0 Å². The van der Waals surface area contributed by atoms with Gasteiger partial charge in [-0.3, -0.25) is 0 Å². The average Bonchev–Trinajstić information content (AvgIpc) is 2.66. The standard InChI is InChI=1S/C15H18ClNO2S/c16-14-8-6-12(7-9-14)11-20(18,19)15-5-3-1-2-4-13(15)10-17/h6-9,13,15H,1-5,11H2. The summed E-state index contributed by atoms with van der Waals surface area (Å²) in [5, 5.41) is 9.29. The Bertz CT molecular complexity index is 589. The van der Waals surface area contributed by atoms with Crippen molar-refractivity contribution in [1.82, 2.24) is 0 Å². The quantitative estimate of drug-likeness (QED) is 0.799. The van der Waals surface area contributed by atoms with Gasteiger partial charge in [-0.05, 0) is 30.5 Å². The van der Waals surface area contributed by atoms with Gasteiger partial charge in [0.25, 0.3) is 0 Å². The second-order valence-electron chi connectivity index (χ2n) is 5.35. The first-order valence-corrected chi connectivity index (χ1v) is 8.98. The second kappa shape index (κ2) is 6.60. The lowest BCUT2D eigenvalue weighted by Gasteiger charge is -2.19. The maximum absolute atomic E-state index is 12.6. The van der Waals surface area contributed by atoms with Crippen LogP contribution in [0.1, 0.15) is 37.7 Å². The summed E-state index contributed by atoms with van der Waals surface area (Å²) in [5.41, 5.74) is 0.732. The Labute approximate surface area is 125 Å². The molecule has 0 saturated heterocycles.